The third-order valence-corrected chi connectivity index (χ3v) is 5.24. The fourth-order valence-electron chi connectivity index (χ4n) is 3.96. The molecule has 20 heavy (non-hydrogen) atoms. The number of piperidine rings is 1. The van der Waals surface area contributed by atoms with Crippen LogP contribution in [-0.2, 0) is 4.79 Å². The Hall–Kier alpha value is -0.570. The Morgan fingerprint density at radius 2 is 2.10 bits per heavy atom. The number of hydrogen-bond acceptors (Lipinski definition) is 2. The van der Waals surface area contributed by atoms with Crippen LogP contribution >= 0.6 is 0 Å². The molecule has 0 aromatic heterocycles. The predicted octanol–water partition coefficient (Wildman–Crippen LogP) is 3.05. The second-order valence-corrected chi connectivity index (χ2v) is 7.43. The molecule has 0 spiro atoms. The number of carbonyl (C=O) groups excluding carboxylic acids is 1. The zero-order valence-corrected chi connectivity index (χ0v) is 13.6. The number of amides is 1. The maximum atomic E-state index is 12.9. The van der Waals surface area contributed by atoms with Crippen molar-refractivity contribution in [3.05, 3.63) is 0 Å². The van der Waals surface area contributed by atoms with Gasteiger partial charge in [-0.25, -0.2) is 0 Å². The van der Waals surface area contributed by atoms with Crippen molar-refractivity contribution in [2.75, 3.05) is 26.2 Å². The summed E-state index contributed by atoms with van der Waals surface area (Å²) in [5, 5.41) is 3.47. The minimum Gasteiger partial charge on any atom is -0.342 e. The molecule has 0 aromatic carbocycles. The standard InChI is InChI=1S/C17H32N2O/c1-4-11-19(13-14-7-6-10-18-12-14)16(20)15-8-5-9-17(15,2)3/h14-15,18H,4-13H2,1-3H3. The number of rotatable bonds is 5. The molecular formula is C17H32N2O. The third kappa shape index (κ3) is 3.75. The SMILES string of the molecule is CCCN(CC1CCCNC1)C(=O)C1CCCC1(C)C. The minimum absolute atomic E-state index is 0.202. The molecule has 2 rings (SSSR count). The maximum absolute atomic E-state index is 12.9. The Morgan fingerprint density at radius 1 is 1.30 bits per heavy atom. The first-order valence-electron chi connectivity index (χ1n) is 8.54. The molecule has 0 bridgehead atoms. The zero-order valence-electron chi connectivity index (χ0n) is 13.6. The molecule has 2 atom stereocenters. The highest BCUT2D eigenvalue weighted by molar-refractivity contribution is 5.80. The lowest BCUT2D eigenvalue weighted by Gasteiger charge is -2.35. The lowest BCUT2D eigenvalue weighted by Crippen LogP contribution is -2.45. The van der Waals surface area contributed by atoms with Gasteiger partial charge >= 0.3 is 0 Å². The van der Waals surface area contributed by atoms with E-state index in [9.17, 15) is 4.79 Å². The van der Waals surface area contributed by atoms with Crippen LogP contribution in [0.3, 0.4) is 0 Å². The van der Waals surface area contributed by atoms with Gasteiger partial charge in [0.1, 0.15) is 0 Å². The van der Waals surface area contributed by atoms with E-state index < -0.39 is 0 Å². The van der Waals surface area contributed by atoms with Crippen LogP contribution in [0.15, 0.2) is 0 Å². The Kier molecular flexibility index (Phi) is 5.48. The van der Waals surface area contributed by atoms with Crippen LogP contribution in [0.4, 0.5) is 0 Å². The second-order valence-electron chi connectivity index (χ2n) is 7.43. The highest BCUT2D eigenvalue weighted by atomic mass is 16.2. The number of carbonyl (C=O) groups is 1. The van der Waals surface area contributed by atoms with Gasteiger partial charge in [0.25, 0.3) is 0 Å². The quantitative estimate of drug-likeness (QED) is 0.839. The van der Waals surface area contributed by atoms with E-state index in [0.29, 0.717) is 11.8 Å². The summed E-state index contributed by atoms with van der Waals surface area (Å²) >= 11 is 0. The molecule has 0 radical (unpaired) electrons. The average Bonchev–Trinajstić information content (AvgIpc) is 2.78. The molecule has 1 aliphatic heterocycles. The van der Waals surface area contributed by atoms with E-state index in [1.807, 2.05) is 0 Å². The molecule has 1 amide bonds. The molecule has 1 N–H and O–H groups in total. The van der Waals surface area contributed by atoms with Crippen molar-refractivity contribution in [1.82, 2.24) is 10.2 Å². The summed E-state index contributed by atoms with van der Waals surface area (Å²) in [6.07, 6.45) is 7.11. The third-order valence-electron chi connectivity index (χ3n) is 5.24. The molecule has 3 nitrogen and oxygen atoms in total. The van der Waals surface area contributed by atoms with Gasteiger partial charge in [-0.2, -0.15) is 0 Å². The van der Waals surface area contributed by atoms with Gasteiger partial charge in [-0.3, -0.25) is 4.79 Å². The van der Waals surface area contributed by atoms with Crippen LogP contribution in [0.2, 0.25) is 0 Å². The molecule has 1 saturated heterocycles. The van der Waals surface area contributed by atoms with E-state index in [1.165, 1.54) is 25.7 Å². The van der Waals surface area contributed by atoms with Crippen molar-refractivity contribution in [3.8, 4) is 0 Å². The predicted molar refractivity (Wildman–Crippen MR) is 83.6 cm³/mol. The summed E-state index contributed by atoms with van der Waals surface area (Å²) in [5.41, 5.74) is 0.202. The Morgan fingerprint density at radius 3 is 2.65 bits per heavy atom. The van der Waals surface area contributed by atoms with Gasteiger partial charge in [-0.15, -0.1) is 0 Å². The first kappa shape index (κ1) is 15.8. The van der Waals surface area contributed by atoms with Crippen molar-refractivity contribution >= 4 is 5.91 Å². The summed E-state index contributed by atoms with van der Waals surface area (Å²) < 4.78 is 0. The van der Waals surface area contributed by atoms with Gasteiger partial charge in [0.15, 0.2) is 0 Å². The van der Waals surface area contributed by atoms with Gasteiger partial charge in [0, 0.05) is 19.0 Å². The lowest BCUT2D eigenvalue weighted by molar-refractivity contribution is -0.139. The van der Waals surface area contributed by atoms with Crippen LogP contribution < -0.4 is 5.32 Å². The summed E-state index contributed by atoms with van der Waals surface area (Å²) in [7, 11) is 0. The van der Waals surface area contributed by atoms with Crippen LogP contribution in [0.25, 0.3) is 0 Å². The maximum Gasteiger partial charge on any atom is 0.226 e. The van der Waals surface area contributed by atoms with E-state index in [-0.39, 0.29) is 11.3 Å². The van der Waals surface area contributed by atoms with Crippen molar-refractivity contribution in [2.45, 2.75) is 59.3 Å². The van der Waals surface area contributed by atoms with Crippen molar-refractivity contribution in [2.24, 2.45) is 17.3 Å². The fourth-order valence-corrected chi connectivity index (χ4v) is 3.96. The minimum atomic E-state index is 0.202. The highest BCUT2D eigenvalue weighted by Gasteiger charge is 2.41. The normalized spacial score (nSPS) is 29.4. The number of nitrogens with one attached hydrogen (secondary N) is 1. The Labute approximate surface area is 124 Å². The van der Waals surface area contributed by atoms with Crippen molar-refractivity contribution < 1.29 is 4.79 Å². The second kappa shape index (κ2) is 6.93. The van der Waals surface area contributed by atoms with Gasteiger partial charge in [0.05, 0.1) is 0 Å². The molecule has 1 aliphatic carbocycles. The fraction of sp³-hybridized carbons (Fsp3) is 0.941. The van der Waals surface area contributed by atoms with Crippen LogP contribution in [-0.4, -0.2) is 37.0 Å². The Balaban J connectivity index is 1.97. The van der Waals surface area contributed by atoms with E-state index in [4.69, 9.17) is 0 Å². The molecule has 0 aromatic rings. The Bertz CT molecular complexity index is 321. The smallest absolute Gasteiger partial charge is 0.226 e. The molecule has 3 heteroatoms. The number of nitrogens with zero attached hydrogens (tertiary/aromatic N) is 1. The monoisotopic (exact) mass is 280 g/mol. The summed E-state index contributed by atoms with van der Waals surface area (Å²) in [4.78, 5) is 15.1. The van der Waals surface area contributed by atoms with Crippen molar-refractivity contribution in [3.63, 3.8) is 0 Å². The van der Waals surface area contributed by atoms with Gasteiger partial charge < -0.3 is 10.2 Å². The molecule has 2 fully saturated rings. The largest absolute Gasteiger partial charge is 0.342 e. The first-order chi connectivity index (χ1) is 9.54. The van der Waals surface area contributed by atoms with E-state index in [2.05, 4.69) is 31.0 Å². The van der Waals surface area contributed by atoms with Gasteiger partial charge in [-0.05, 0) is 56.5 Å². The first-order valence-corrected chi connectivity index (χ1v) is 8.54. The lowest BCUT2D eigenvalue weighted by atomic mass is 9.81. The van der Waals surface area contributed by atoms with Gasteiger partial charge in [0.2, 0.25) is 5.91 Å². The van der Waals surface area contributed by atoms with Gasteiger partial charge in [-0.1, -0.05) is 27.2 Å². The topological polar surface area (TPSA) is 32.3 Å². The molecule has 116 valence electrons. The molecule has 2 aliphatic rings. The van der Waals surface area contributed by atoms with Crippen molar-refractivity contribution in [1.29, 1.82) is 0 Å². The number of hydrogen-bond donors (Lipinski definition) is 1. The van der Waals surface area contributed by atoms with Crippen LogP contribution in [0.5, 0.6) is 0 Å². The summed E-state index contributed by atoms with van der Waals surface area (Å²) in [5.74, 6) is 1.34. The molecule has 1 heterocycles. The summed E-state index contributed by atoms with van der Waals surface area (Å²) in [6.45, 7) is 10.9. The van der Waals surface area contributed by atoms with Crippen LogP contribution in [0.1, 0.15) is 59.3 Å². The summed E-state index contributed by atoms with van der Waals surface area (Å²) in [6, 6.07) is 0. The molecular weight excluding hydrogens is 248 g/mol. The molecule has 1 saturated carbocycles. The van der Waals surface area contributed by atoms with Crippen LogP contribution in [0, 0.1) is 17.3 Å². The molecule has 2 unspecified atom stereocenters. The van der Waals surface area contributed by atoms with E-state index in [0.717, 1.165) is 39.0 Å². The highest BCUT2D eigenvalue weighted by Crippen LogP contribution is 2.43. The van der Waals surface area contributed by atoms with E-state index in [1.54, 1.807) is 0 Å². The van der Waals surface area contributed by atoms with E-state index >= 15 is 0 Å². The zero-order chi connectivity index (χ0) is 14.6. The average molecular weight is 280 g/mol.